The van der Waals surface area contributed by atoms with E-state index in [9.17, 15) is 14.4 Å². The molecule has 0 saturated carbocycles. The highest BCUT2D eigenvalue weighted by Crippen LogP contribution is 2.21. The molecule has 2 fully saturated rings. The summed E-state index contributed by atoms with van der Waals surface area (Å²) in [6, 6.07) is 0. The van der Waals surface area contributed by atoms with Gasteiger partial charge < -0.3 is 24.3 Å². The summed E-state index contributed by atoms with van der Waals surface area (Å²) in [5.41, 5.74) is 2.08. The molecule has 9 heteroatoms. The third kappa shape index (κ3) is 4.79. The van der Waals surface area contributed by atoms with Crippen LogP contribution in [0.25, 0.3) is 0 Å². The molecule has 0 aliphatic carbocycles. The first-order valence-electron chi connectivity index (χ1n) is 10.2. The van der Waals surface area contributed by atoms with Gasteiger partial charge in [-0.15, -0.1) is 0 Å². The van der Waals surface area contributed by atoms with E-state index in [0.717, 1.165) is 13.1 Å². The van der Waals surface area contributed by atoms with E-state index >= 15 is 0 Å². The van der Waals surface area contributed by atoms with Crippen LogP contribution in [-0.4, -0.2) is 103 Å². The van der Waals surface area contributed by atoms with E-state index < -0.39 is 5.97 Å². The SMILES string of the molecule is CCOC(=O)c1c(C)[nH]c(C(=O)N2CCN(C(=O)CN3CCOCC3)CC2)c1C. The predicted molar refractivity (Wildman–Crippen MR) is 106 cm³/mol. The van der Waals surface area contributed by atoms with Gasteiger partial charge in [-0.1, -0.05) is 0 Å². The van der Waals surface area contributed by atoms with Crippen molar-refractivity contribution < 1.29 is 23.9 Å². The van der Waals surface area contributed by atoms with Crippen molar-refractivity contribution in [3.8, 4) is 0 Å². The Balaban J connectivity index is 1.58. The molecule has 3 rings (SSSR count). The van der Waals surface area contributed by atoms with Crippen LogP contribution in [0.5, 0.6) is 0 Å². The predicted octanol–water partition coefficient (Wildman–Crippen LogP) is 0.425. The van der Waals surface area contributed by atoms with Gasteiger partial charge in [0, 0.05) is 45.0 Å². The quantitative estimate of drug-likeness (QED) is 0.713. The molecule has 2 saturated heterocycles. The molecule has 0 aromatic carbocycles. The van der Waals surface area contributed by atoms with Crippen LogP contribution in [0.3, 0.4) is 0 Å². The van der Waals surface area contributed by atoms with Crippen molar-refractivity contribution in [2.45, 2.75) is 20.8 Å². The fraction of sp³-hybridized carbons (Fsp3) is 0.650. The molecular weight excluding hydrogens is 376 g/mol. The molecule has 0 spiro atoms. The smallest absolute Gasteiger partial charge is 0.340 e. The maximum Gasteiger partial charge on any atom is 0.340 e. The van der Waals surface area contributed by atoms with Gasteiger partial charge in [0.25, 0.3) is 5.91 Å². The Morgan fingerprint density at radius 2 is 1.62 bits per heavy atom. The second-order valence-corrected chi connectivity index (χ2v) is 7.41. The van der Waals surface area contributed by atoms with E-state index in [-0.39, 0.29) is 18.4 Å². The third-order valence-corrected chi connectivity index (χ3v) is 5.51. The van der Waals surface area contributed by atoms with Crippen LogP contribution >= 0.6 is 0 Å². The standard InChI is InChI=1S/C20H30N4O5/c1-4-29-20(27)17-14(2)18(21-15(17)3)19(26)24-7-5-23(6-8-24)16(25)13-22-9-11-28-12-10-22/h21H,4-13H2,1-3H3. The van der Waals surface area contributed by atoms with Gasteiger partial charge in [-0.05, 0) is 26.3 Å². The number of rotatable bonds is 5. The van der Waals surface area contributed by atoms with Crippen LogP contribution in [0, 0.1) is 13.8 Å². The molecule has 0 bridgehead atoms. The van der Waals surface area contributed by atoms with E-state index in [1.165, 1.54) is 0 Å². The molecular formula is C20H30N4O5. The molecule has 2 aliphatic rings. The second-order valence-electron chi connectivity index (χ2n) is 7.41. The number of aryl methyl sites for hydroxylation is 1. The Bertz CT molecular complexity index is 761. The summed E-state index contributed by atoms with van der Waals surface area (Å²) >= 11 is 0. The number of hydrogen-bond donors (Lipinski definition) is 1. The fourth-order valence-corrected chi connectivity index (χ4v) is 3.84. The van der Waals surface area contributed by atoms with Crippen molar-refractivity contribution in [1.29, 1.82) is 0 Å². The molecule has 1 N–H and O–H groups in total. The summed E-state index contributed by atoms with van der Waals surface area (Å²) in [6.07, 6.45) is 0. The first-order chi connectivity index (χ1) is 13.9. The average Bonchev–Trinajstić information content (AvgIpc) is 3.02. The number of aromatic nitrogens is 1. The van der Waals surface area contributed by atoms with Gasteiger partial charge in [-0.2, -0.15) is 0 Å². The number of esters is 1. The van der Waals surface area contributed by atoms with Crippen LogP contribution in [0.15, 0.2) is 0 Å². The van der Waals surface area contributed by atoms with Crippen molar-refractivity contribution in [2.24, 2.45) is 0 Å². The molecule has 2 aliphatic heterocycles. The average molecular weight is 406 g/mol. The van der Waals surface area contributed by atoms with Crippen LogP contribution in [0.4, 0.5) is 0 Å². The Kier molecular flexibility index (Phi) is 6.92. The molecule has 3 heterocycles. The van der Waals surface area contributed by atoms with Gasteiger partial charge in [0.2, 0.25) is 5.91 Å². The molecule has 0 atom stereocenters. The minimum Gasteiger partial charge on any atom is -0.462 e. The number of piperazine rings is 1. The highest BCUT2D eigenvalue weighted by molar-refractivity contribution is 6.00. The summed E-state index contributed by atoms with van der Waals surface area (Å²) in [7, 11) is 0. The number of ether oxygens (including phenoxy) is 2. The minimum atomic E-state index is -0.420. The van der Waals surface area contributed by atoms with E-state index in [1.54, 1.807) is 25.7 Å². The summed E-state index contributed by atoms with van der Waals surface area (Å²) in [6.45, 7) is 10.8. The van der Waals surface area contributed by atoms with Gasteiger partial charge >= 0.3 is 5.97 Å². The number of amides is 2. The zero-order valence-electron chi connectivity index (χ0n) is 17.5. The van der Waals surface area contributed by atoms with Gasteiger partial charge in [-0.3, -0.25) is 14.5 Å². The van der Waals surface area contributed by atoms with E-state index in [1.807, 2.05) is 4.90 Å². The molecule has 9 nitrogen and oxygen atoms in total. The zero-order valence-corrected chi connectivity index (χ0v) is 17.5. The monoisotopic (exact) mass is 406 g/mol. The first-order valence-corrected chi connectivity index (χ1v) is 10.2. The lowest BCUT2D eigenvalue weighted by Gasteiger charge is -2.36. The number of carbonyl (C=O) groups is 3. The first kappa shape index (κ1) is 21.3. The van der Waals surface area contributed by atoms with Crippen molar-refractivity contribution in [3.63, 3.8) is 0 Å². The molecule has 0 radical (unpaired) electrons. The van der Waals surface area contributed by atoms with Crippen LogP contribution in [-0.2, 0) is 14.3 Å². The number of hydrogen-bond acceptors (Lipinski definition) is 6. The van der Waals surface area contributed by atoms with Crippen molar-refractivity contribution in [2.75, 3.05) is 65.6 Å². The number of nitrogens with one attached hydrogen (secondary N) is 1. The Morgan fingerprint density at radius 3 is 2.24 bits per heavy atom. The topological polar surface area (TPSA) is 95.2 Å². The third-order valence-electron chi connectivity index (χ3n) is 5.51. The normalized spacial score (nSPS) is 18.0. The van der Waals surface area contributed by atoms with Crippen LogP contribution in [0.1, 0.15) is 39.0 Å². The molecule has 2 amide bonds. The molecule has 29 heavy (non-hydrogen) atoms. The Morgan fingerprint density at radius 1 is 1.00 bits per heavy atom. The van der Waals surface area contributed by atoms with Gasteiger partial charge in [-0.25, -0.2) is 4.79 Å². The van der Waals surface area contributed by atoms with E-state index in [0.29, 0.717) is 68.5 Å². The number of aromatic amines is 1. The number of morpholine rings is 1. The summed E-state index contributed by atoms with van der Waals surface area (Å²) in [4.78, 5) is 46.4. The number of H-pyrrole nitrogens is 1. The number of nitrogens with zero attached hydrogens (tertiary/aromatic N) is 3. The summed E-state index contributed by atoms with van der Waals surface area (Å²) < 4.78 is 10.4. The fourth-order valence-electron chi connectivity index (χ4n) is 3.84. The van der Waals surface area contributed by atoms with Gasteiger partial charge in [0.15, 0.2) is 0 Å². The van der Waals surface area contributed by atoms with Crippen molar-refractivity contribution in [1.82, 2.24) is 19.7 Å². The molecule has 1 aromatic heterocycles. The zero-order chi connectivity index (χ0) is 21.0. The lowest BCUT2D eigenvalue weighted by atomic mass is 10.1. The summed E-state index contributed by atoms with van der Waals surface area (Å²) in [5.74, 6) is -0.478. The minimum absolute atomic E-state index is 0.0931. The lowest BCUT2D eigenvalue weighted by Crippen LogP contribution is -2.53. The maximum absolute atomic E-state index is 13.0. The Hall–Kier alpha value is -2.39. The highest BCUT2D eigenvalue weighted by Gasteiger charge is 2.29. The Labute approximate surface area is 170 Å². The van der Waals surface area contributed by atoms with E-state index in [2.05, 4.69) is 9.88 Å². The van der Waals surface area contributed by atoms with Crippen molar-refractivity contribution in [3.05, 3.63) is 22.5 Å². The maximum atomic E-state index is 13.0. The highest BCUT2D eigenvalue weighted by atomic mass is 16.5. The molecule has 0 unspecified atom stereocenters. The molecule has 160 valence electrons. The largest absolute Gasteiger partial charge is 0.462 e. The van der Waals surface area contributed by atoms with Gasteiger partial charge in [0.1, 0.15) is 5.69 Å². The summed E-state index contributed by atoms with van der Waals surface area (Å²) in [5, 5.41) is 0. The van der Waals surface area contributed by atoms with Crippen molar-refractivity contribution >= 4 is 17.8 Å². The van der Waals surface area contributed by atoms with Gasteiger partial charge in [0.05, 0.1) is 31.9 Å². The lowest BCUT2D eigenvalue weighted by molar-refractivity contribution is -0.134. The van der Waals surface area contributed by atoms with Crippen LogP contribution in [0.2, 0.25) is 0 Å². The second kappa shape index (κ2) is 9.41. The van der Waals surface area contributed by atoms with Crippen LogP contribution < -0.4 is 0 Å². The number of carbonyl (C=O) groups excluding carboxylic acids is 3. The van der Waals surface area contributed by atoms with E-state index in [4.69, 9.17) is 9.47 Å². The molecule has 1 aromatic rings.